The number of para-hydroxylation sites is 2. The van der Waals surface area contributed by atoms with Crippen LogP contribution in [0, 0.1) is 5.82 Å². The normalized spacial score (nSPS) is 11.1. The van der Waals surface area contributed by atoms with Crippen molar-refractivity contribution in [1.29, 1.82) is 0 Å². The number of nitrogens with two attached hydrogens (primary N) is 1. The molecule has 3 N–H and O–H groups in total. The minimum absolute atomic E-state index is 0.176. The molecule has 19 heavy (non-hydrogen) atoms. The Morgan fingerprint density at radius 3 is 2.79 bits per heavy atom. The van der Waals surface area contributed by atoms with Crippen LogP contribution in [0.4, 0.5) is 4.39 Å². The first-order valence-corrected chi connectivity index (χ1v) is 6.69. The Morgan fingerprint density at radius 1 is 1.16 bits per heavy atom. The van der Waals surface area contributed by atoms with E-state index in [1.807, 2.05) is 30.3 Å². The minimum Gasteiger partial charge on any atom is -0.333 e. The lowest BCUT2D eigenvalue weighted by Crippen LogP contribution is -2.01. The van der Waals surface area contributed by atoms with Gasteiger partial charge in [0, 0.05) is 17.0 Å². The van der Waals surface area contributed by atoms with Gasteiger partial charge in [0.05, 0.1) is 11.0 Å². The Morgan fingerprint density at radius 2 is 2.00 bits per heavy atom. The molecule has 2 aromatic carbocycles. The highest BCUT2D eigenvalue weighted by Crippen LogP contribution is 2.30. The fourth-order valence-electron chi connectivity index (χ4n) is 1.91. The lowest BCUT2D eigenvalue weighted by atomic mass is 10.2. The molecule has 1 aromatic heterocycles. The molecule has 0 atom stereocenters. The van der Waals surface area contributed by atoms with Crippen LogP contribution >= 0.6 is 11.8 Å². The number of benzene rings is 2. The maximum atomic E-state index is 13.6. The van der Waals surface area contributed by atoms with Gasteiger partial charge in [-0.15, -0.1) is 0 Å². The second kappa shape index (κ2) is 5.03. The molecule has 0 saturated carbocycles. The molecular formula is C14H12FN3S. The predicted molar refractivity (Wildman–Crippen MR) is 74.5 cm³/mol. The first-order valence-electron chi connectivity index (χ1n) is 5.88. The molecule has 1 heterocycles. The Hall–Kier alpha value is -1.85. The minimum atomic E-state index is -0.274. The molecule has 0 aliphatic carbocycles. The van der Waals surface area contributed by atoms with Gasteiger partial charge in [0.25, 0.3) is 0 Å². The molecule has 0 amide bonds. The Balaban J connectivity index is 1.99. The molecule has 3 aromatic rings. The van der Waals surface area contributed by atoms with Crippen LogP contribution in [0.3, 0.4) is 0 Å². The second-order valence-corrected chi connectivity index (χ2v) is 5.11. The van der Waals surface area contributed by atoms with Gasteiger partial charge < -0.3 is 10.7 Å². The van der Waals surface area contributed by atoms with Crippen molar-refractivity contribution in [3.8, 4) is 0 Å². The topological polar surface area (TPSA) is 54.7 Å². The molecule has 0 saturated heterocycles. The molecule has 0 radical (unpaired) electrons. The molecule has 0 fully saturated rings. The smallest absolute Gasteiger partial charge is 0.171 e. The number of hydrogen-bond acceptors (Lipinski definition) is 3. The summed E-state index contributed by atoms with van der Waals surface area (Å²) in [5, 5.41) is 0.738. The van der Waals surface area contributed by atoms with Gasteiger partial charge in [-0.1, -0.05) is 30.0 Å². The van der Waals surface area contributed by atoms with Gasteiger partial charge in [0.1, 0.15) is 5.82 Å². The van der Waals surface area contributed by atoms with Crippen LogP contribution in [0.15, 0.2) is 52.5 Å². The van der Waals surface area contributed by atoms with Crippen LogP contribution in [0.5, 0.6) is 0 Å². The summed E-state index contributed by atoms with van der Waals surface area (Å²) in [4.78, 5) is 8.45. The maximum absolute atomic E-state index is 13.6. The highest BCUT2D eigenvalue weighted by Gasteiger charge is 2.10. The maximum Gasteiger partial charge on any atom is 0.171 e. The van der Waals surface area contributed by atoms with Gasteiger partial charge in [-0.3, -0.25) is 0 Å². The zero-order valence-corrected chi connectivity index (χ0v) is 10.9. The average Bonchev–Trinajstić information content (AvgIpc) is 2.81. The van der Waals surface area contributed by atoms with E-state index in [9.17, 15) is 4.39 Å². The fourth-order valence-corrected chi connectivity index (χ4v) is 2.88. The van der Waals surface area contributed by atoms with Crippen LogP contribution in [-0.4, -0.2) is 9.97 Å². The van der Waals surface area contributed by atoms with Crippen molar-refractivity contribution in [2.45, 2.75) is 16.6 Å². The van der Waals surface area contributed by atoms with Gasteiger partial charge in [0.15, 0.2) is 5.16 Å². The van der Waals surface area contributed by atoms with Crippen molar-refractivity contribution in [1.82, 2.24) is 9.97 Å². The quantitative estimate of drug-likeness (QED) is 0.769. The standard InChI is InChI=1S/C14H12FN3S/c15-10-4-3-7-13(9(10)8-16)19-14-17-11-5-1-2-6-12(11)18-14/h1-7H,8,16H2,(H,17,18). The van der Waals surface area contributed by atoms with Crippen molar-refractivity contribution in [2.75, 3.05) is 0 Å². The summed E-state index contributed by atoms with van der Waals surface area (Å²) in [7, 11) is 0. The summed E-state index contributed by atoms with van der Waals surface area (Å²) in [5.41, 5.74) is 7.98. The molecule has 0 aliphatic heterocycles. The Kier molecular flexibility index (Phi) is 3.23. The van der Waals surface area contributed by atoms with Crippen molar-refractivity contribution in [3.05, 3.63) is 53.8 Å². The van der Waals surface area contributed by atoms with E-state index in [2.05, 4.69) is 9.97 Å². The van der Waals surface area contributed by atoms with Crippen LogP contribution in [0.2, 0.25) is 0 Å². The van der Waals surface area contributed by atoms with Crippen LogP contribution in [0.1, 0.15) is 5.56 Å². The lowest BCUT2D eigenvalue weighted by molar-refractivity contribution is 0.604. The van der Waals surface area contributed by atoms with Crippen molar-refractivity contribution < 1.29 is 4.39 Å². The van der Waals surface area contributed by atoms with E-state index in [1.54, 1.807) is 6.07 Å². The van der Waals surface area contributed by atoms with Gasteiger partial charge in [0.2, 0.25) is 0 Å². The molecule has 0 unspecified atom stereocenters. The van der Waals surface area contributed by atoms with E-state index in [-0.39, 0.29) is 12.4 Å². The zero-order chi connectivity index (χ0) is 13.2. The van der Waals surface area contributed by atoms with Crippen molar-refractivity contribution >= 4 is 22.8 Å². The number of aromatic nitrogens is 2. The van der Waals surface area contributed by atoms with E-state index >= 15 is 0 Å². The summed E-state index contributed by atoms with van der Waals surface area (Å²) in [6.45, 7) is 0.176. The Bertz CT molecular complexity index is 691. The van der Waals surface area contributed by atoms with Crippen LogP contribution in [-0.2, 0) is 6.54 Å². The van der Waals surface area contributed by atoms with Crippen molar-refractivity contribution in [3.63, 3.8) is 0 Å². The number of nitrogens with one attached hydrogen (secondary N) is 1. The summed E-state index contributed by atoms with van der Waals surface area (Å²) in [5.74, 6) is -0.274. The van der Waals surface area contributed by atoms with E-state index in [4.69, 9.17) is 5.73 Å². The van der Waals surface area contributed by atoms with E-state index < -0.39 is 0 Å². The summed E-state index contributed by atoms with van der Waals surface area (Å²) in [6, 6.07) is 12.7. The highest BCUT2D eigenvalue weighted by atomic mass is 32.2. The zero-order valence-electron chi connectivity index (χ0n) is 10.1. The van der Waals surface area contributed by atoms with Gasteiger partial charge in [-0.2, -0.15) is 0 Å². The lowest BCUT2D eigenvalue weighted by Gasteiger charge is -2.06. The third-order valence-corrected chi connectivity index (χ3v) is 3.84. The average molecular weight is 273 g/mol. The first-order chi connectivity index (χ1) is 9.28. The molecule has 0 bridgehead atoms. The number of halogens is 1. The van der Waals surface area contributed by atoms with Crippen LogP contribution in [0.25, 0.3) is 11.0 Å². The van der Waals surface area contributed by atoms with Gasteiger partial charge in [-0.25, -0.2) is 9.37 Å². The number of H-pyrrole nitrogens is 1. The number of fused-ring (bicyclic) bond motifs is 1. The molecule has 0 spiro atoms. The highest BCUT2D eigenvalue weighted by molar-refractivity contribution is 7.99. The molecule has 5 heteroatoms. The SMILES string of the molecule is NCc1c(F)cccc1Sc1nc2ccccc2[nH]1. The number of imidazole rings is 1. The number of hydrogen-bond donors (Lipinski definition) is 2. The Labute approximate surface area is 114 Å². The molecule has 3 rings (SSSR count). The number of nitrogens with zero attached hydrogens (tertiary/aromatic N) is 1. The third-order valence-electron chi connectivity index (χ3n) is 2.85. The van der Waals surface area contributed by atoms with E-state index in [0.29, 0.717) is 5.56 Å². The summed E-state index contributed by atoms with van der Waals surface area (Å²) >= 11 is 1.39. The third kappa shape index (κ3) is 2.34. The summed E-state index contributed by atoms with van der Waals surface area (Å²) in [6.07, 6.45) is 0. The number of aromatic amines is 1. The molecule has 96 valence electrons. The monoisotopic (exact) mass is 273 g/mol. The van der Waals surface area contributed by atoms with E-state index in [0.717, 1.165) is 21.1 Å². The summed E-state index contributed by atoms with van der Waals surface area (Å²) < 4.78 is 13.6. The molecule has 3 nitrogen and oxygen atoms in total. The van der Waals surface area contributed by atoms with Gasteiger partial charge in [-0.05, 0) is 24.3 Å². The van der Waals surface area contributed by atoms with E-state index in [1.165, 1.54) is 17.8 Å². The van der Waals surface area contributed by atoms with Crippen molar-refractivity contribution in [2.24, 2.45) is 5.73 Å². The largest absolute Gasteiger partial charge is 0.333 e. The van der Waals surface area contributed by atoms with Crippen LogP contribution < -0.4 is 5.73 Å². The first kappa shape index (κ1) is 12.2. The number of rotatable bonds is 3. The fraction of sp³-hybridized carbons (Fsp3) is 0.0714. The molecule has 0 aliphatic rings. The molecular weight excluding hydrogens is 261 g/mol. The second-order valence-electron chi connectivity index (χ2n) is 4.08. The van der Waals surface area contributed by atoms with Gasteiger partial charge >= 0.3 is 0 Å². The predicted octanol–water partition coefficient (Wildman–Crippen LogP) is 3.31.